The van der Waals surface area contributed by atoms with Crippen molar-refractivity contribution >= 4 is 11.8 Å². The Morgan fingerprint density at radius 3 is 2.34 bits per heavy atom. The van der Waals surface area contributed by atoms with E-state index in [1.165, 1.54) is 7.11 Å². The van der Waals surface area contributed by atoms with E-state index in [4.69, 9.17) is 4.74 Å². The lowest BCUT2D eigenvalue weighted by atomic mass is 10.1. The number of nitrogens with zero attached hydrogens (tertiary/aromatic N) is 3. The van der Waals surface area contributed by atoms with Crippen molar-refractivity contribution in [3.63, 3.8) is 0 Å². The maximum absolute atomic E-state index is 14.2. The van der Waals surface area contributed by atoms with Gasteiger partial charge in [0.1, 0.15) is 11.4 Å². The Morgan fingerprint density at radius 1 is 0.927 bits per heavy atom. The normalized spacial score (nSPS) is 13.2. The van der Waals surface area contributed by atoms with E-state index >= 15 is 0 Å². The molecule has 0 aliphatic carbocycles. The zero-order valence-electron chi connectivity index (χ0n) is 23.4. The lowest BCUT2D eigenvalue weighted by Crippen LogP contribution is -2.47. The highest BCUT2D eigenvalue weighted by atomic mass is 16.5. The fourth-order valence-corrected chi connectivity index (χ4v) is 5.25. The maximum atomic E-state index is 14.2. The molecule has 1 fully saturated rings. The van der Waals surface area contributed by atoms with Crippen LogP contribution in [0.25, 0.3) is 16.9 Å². The summed E-state index contributed by atoms with van der Waals surface area (Å²) in [5.41, 5.74) is 3.54. The number of amides is 2. The number of ether oxygens (including phenoxy) is 1. The van der Waals surface area contributed by atoms with Crippen LogP contribution >= 0.6 is 0 Å². The molecule has 0 atom stereocenters. The minimum atomic E-state index is -0.285. The molecule has 41 heavy (non-hydrogen) atoms. The van der Waals surface area contributed by atoms with Crippen molar-refractivity contribution in [2.75, 3.05) is 39.8 Å². The van der Waals surface area contributed by atoms with E-state index in [-0.39, 0.29) is 24.0 Å². The molecule has 2 N–H and O–H groups in total. The Labute approximate surface area is 239 Å². The Bertz CT molecular complexity index is 1590. The number of para-hydroxylation sites is 2. The summed E-state index contributed by atoms with van der Waals surface area (Å²) in [7, 11) is 1.53. The van der Waals surface area contributed by atoms with E-state index in [1.807, 2.05) is 67.6 Å². The fourth-order valence-electron chi connectivity index (χ4n) is 5.25. The molecule has 9 heteroatoms. The van der Waals surface area contributed by atoms with Gasteiger partial charge in [-0.15, -0.1) is 0 Å². The molecular weight excluding hydrogens is 518 g/mol. The molecule has 0 unspecified atom stereocenters. The molecule has 0 saturated carbocycles. The Kier molecular flexibility index (Phi) is 8.64. The highest BCUT2D eigenvalue weighted by molar-refractivity contribution is 5.99. The second kappa shape index (κ2) is 12.7. The molecule has 2 amide bonds. The smallest absolute Gasteiger partial charge is 0.333 e. The molecule has 3 aromatic carbocycles. The molecule has 4 aromatic rings. The van der Waals surface area contributed by atoms with E-state index in [0.717, 1.165) is 16.8 Å². The van der Waals surface area contributed by atoms with Gasteiger partial charge in [0.15, 0.2) is 0 Å². The summed E-state index contributed by atoms with van der Waals surface area (Å²) in [6.07, 6.45) is 0.453. The van der Waals surface area contributed by atoms with Gasteiger partial charge in [0, 0.05) is 44.8 Å². The number of piperazine rings is 1. The van der Waals surface area contributed by atoms with Crippen LogP contribution in [0.2, 0.25) is 0 Å². The predicted molar refractivity (Wildman–Crippen MR) is 159 cm³/mol. The van der Waals surface area contributed by atoms with Gasteiger partial charge in [-0.25, -0.2) is 4.79 Å². The van der Waals surface area contributed by atoms with Crippen molar-refractivity contribution in [3.05, 3.63) is 106 Å². The number of carbonyl (C=O) groups is 2. The van der Waals surface area contributed by atoms with E-state index in [1.54, 1.807) is 32.2 Å². The molecule has 1 aliphatic heterocycles. The van der Waals surface area contributed by atoms with Crippen LogP contribution in [0, 0.1) is 6.92 Å². The van der Waals surface area contributed by atoms with Gasteiger partial charge in [-0.1, -0.05) is 60.7 Å². The highest BCUT2D eigenvalue weighted by Crippen LogP contribution is 2.29. The summed E-state index contributed by atoms with van der Waals surface area (Å²) in [6, 6.07) is 24.3. The minimum Gasteiger partial charge on any atom is -0.496 e. The largest absolute Gasteiger partial charge is 0.496 e. The van der Waals surface area contributed by atoms with Crippen LogP contribution in [0.15, 0.2) is 83.7 Å². The number of aromatic nitrogens is 2. The summed E-state index contributed by atoms with van der Waals surface area (Å²) < 4.78 is 8.55. The SMILES string of the molecule is COc1ccccc1C(=O)NCCCn1c(C(=O)N2CCNCC2)c(-c2ccccc2)n(-c2ccccc2C)c1=O. The zero-order valence-corrected chi connectivity index (χ0v) is 23.4. The van der Waals surface area contributed by atoms with Crippen molar-refractivity contribution in [2.45, 2.75) is 19.9 Å². The monoisotopic (exact) mass is 553 g/mol. The molecule has 9 nitrogen and oxygen atoms in total. The van der Waals surface area contributed by atoms with Gasteiger partial charge in [0.25, 0.3) is 11.8 Å². The molecule has 1 aliphatic rings. The van der Waals surface area contributed by atoms with Gasteiger partial charge < -0.3 is 20.3 Å². The van der Waals surface area contributed by atoms with Crippen LogP contribution in [0.5, 0.6) is 5.75 Å². The van der Waals surface area contributed by atoms with E-state index in [9.17, 15) is 14.4 Å². The second-order valence-corrected chi connectivity index (χ2v) is 9.97. The third-order valence-electron chi connectivity index (χ3n) is 7.35. The van der Waals surface area contributed by atoms with Gasteiger partial charge in [-0.05, 0) is 37.1 Å². The van der Waals surface area contributed by atoms with E-state index in [0.29, 0.717) is 61.8 Å². The van der Waals surface area contributed by atoms with Gasteiger partial charge in [0.2, 0.25) is 0 Å². The molecule has 212 valence electrons. The molecule has 5 rings (SSSR count). The third kappa shape index (κ3) is 5.81. The molecule has 0 spiro atoms. The lowest BCUT2D eigenvalue weighted by Gasteiger charge is -2.28. The number of aryl methyl sites for hydroxylation is 1. The van der Waals surface area contributed by atoms with Crippen molar-refractivity contribution in [3.8, 4) is 22.7 Å². The summed E-state index contributed by atoms with van der Waals surface area (Å²) in [6.45, 7) is 5.06. The second-order valence-electron chi connectivity index (χ2n) is 9.97. The molecule has 1 saturated heterocycles. The molecule has 1 aromatic heterocycles. The fraction of sp³-hybridized carbons (Fsp3) is 0.281. The number of imidazole rings is 1. The number of hydrogen-bond donors (Lipinski definition) is 2. The van der Waals surface area contributed by atoms with Crippen molar-refractivity contribution in [2.24, 2.45) is 0 Å². The van der Waals surface area contributed by atoms with Gasteiger partial charge in [-0.2, -0.15) is 0 Å². The number of nitrogens with one attached hydrogen (secondary N) is 2. The lowest BCUT2D eigenvalue weighted by molar-refractivity contribution is 0.0724. The summed E-state index contributed by atoms with van der Waals surface area (Å²) >= 11 is 0. The zero-order chi connectivity index (χ0) is 28.8. The molecular formula is C32H35N5O4. The van der Waals surface area contributed by atoms with Crippen molar-refractivity contribution in [1.29, 1.82) is 0 Å². The first-order valence-corrected chi connectivity index (χ1v) is 13.9. The molecule has 0 bridgehead atoms. The number of benzene rings is 3. The first kappa shape index (κ1) is 27.9. The van der Waals surface area contributed by atoms with Gasteiger partial charge in [-0.3, -0.25) is 18.7 Å². The first-order chi connectivity index (χ1) is 20.0. The van der Waals surface area contributed by atoms with Crippen LogP contribution in [0.4, 0.5) is 0 Å². The van der Waals surface area contributed by atoms with Crippen molar-refractivity contribution in [1.82, 2.24) is 24.7 Å². The van der Waals surface area contributed by atoms with E-state index in [2.05, 4.69) is 10.6 Å². The highest BCUT2D eigenvalue weighted by Gasteiger charge is 2.31. The quantitative estimate of drug-likeness (QED) is 0.310. The van der Waals surface area contributed by atoms with E-state index < -0.39 is 0 Å². The van der Waals surface area contributed by atoms with Gasteiger partial charge >= 0.3 is 5.69 Å². The predicted octanol–water partition coefficient (Wildman–Crippen LogP) is 3.49. The Hall–Kier alpha value is -4.63. The summed E-state index contributed by atoms with van der Waals surface area (Å²) in [5, 5.41) is 6.21. The number of carbonyl (C=O) groups excluding carboxylic acids is 2. The van der Waals surface area contributed by atoms with Crippen molar-refractivity contribution < 1.29 is 14.3 Å². The topological polar surface area (TPSA) is 97.6 Å². The Morgan fingerprint density at radius 2 is 1.61 bits per heavy atom. The standard InChI is InChI=1S/C32H35N5O4/c1-23-11-6-8-15-26(23)37-28(24-12-4-3-5-13-24)29(31(39)35-21-18-33-19-22-35)36(32(37)40)20-10-17-34-30(38)25-14-7-9-16-27(25)41-2/h3-9,11-16,33H,10,17-22H2,1-2H3,(H,34,38). The number of methoxy groups -OCH3 is 1. The minimum absolute atomic E-state index is 0.173. The van der Waals surface area contributed by atoms with Gasteiger partial charge in [0.05, 0.1) is 24.1 Å². The summed E-state index contributed by atoms with van der Waals surface area (Å²) in [4.78, 5) is 43.0. The number of rotatable bonds is 9. The summed E-state index contributed by atoms with van der Waals surface area (Å²) in [5.74, 6) is 0.0650. The Balaban J connectivity index is 1.53. The van der Waals surface area contributed by atoms with Crippen LogP contribution in [-0.4, -0.2) is 65.7 Å². The molecule has 0 radical (unpaired) electrons. The maximum Gasteiger partial charge on any atom is 0.333 e. The molecule has 2 heterocycles. The number of hydrogen-bond acceptors (Lipinski definition) is 5. The van der Waals surface area contributed by atoms with Crippen LogP contribution in [0.3, 0.4) is 0 Å². The van der Waals surface area contributed by atoms with Crippen LogP contribution < -0.4 is 21.1 Å². The first-order valence-electron chi connectivity index (χ1n) is 13.9. The van der Waals surface area contributed by atoms with Crippen LogP contribution in [-0.2, 0) is 6.54 Å². The van der Waals surface area contributed by atoms with Crippen LogP contribution in [0.1, 0.15) is 32.8 Å². The third-order valence-corrected chi connectivity index (χ3v) is 7.35. The average Bonchev–Trinajstić information content (AvgIpc) is 3.31. The average molecular weight is 554 g/mol.